The Morgan fingerprint density at radius 1 is 1.12 bits per heavy atom. The zero-order valence-electron chi connectivity index (χ0n) is 11.7. The van der Waals surface area contributed by atoms with E-state index in [0.717, 1.165) is 5.57 Å². The van der Waals surface area contributed by atoms with E-state index in [1.165, 1.54) is 16.7 Å². The summed E-state index contributed by atoms with van der Waals surface area (Å²) in [5.74, 6) is 0. The third-order valence-corrected chi connectivity index (χ3v) is 1.89. The van der Waals surface area contributed by atoms with Gasteiger partial charge in [0, 0.05) is 0 Å². The second-order valence-corrected chi connectivity index (χ2v) is 3.08. The maximum absolute atomic E-state index is 3.92. The molecule has 0 heteroatoms. The lowest BCUT2D eigenvalue weighted by molar-refractivity contribution is 1.43. The molecule has 0 aliphatic carbocycles. The molecule has 0 amide bonds. The highest BCUT2D eigenvalue weighted by atomic mass is 14.0. The minimum absolute atomic E-state index is 1.09. The van der Waals surface area contributed by atoms with Crippen LogP contribution in [0.15, 0.2) is 31.4 Å². The molecule has 1 aromatic carbocycles. The third kappa shape index (κ3) is 5.55. The van der Waals surface area contributed by atoms with Gasteiger partial charge in [-0.1, -0.05) is 76.3 Å². The molecular formula is C16H26. The summed E-state index contributed by atoms with van der Waals surface area (Å²) in [4.78, 5) is 0. The van der Waals surface area contributed by atoms with E-state index in [9.17, 15) is 0 Å². The first-order valence-corrected chi connectivity index (χ1v) is 6.04. The molecule has 0 atom stereocenters. The van der Waals surface area contributed by atoms with Gasteiger partial charge in [-0.25, -0.2) is 0 Å². The SMILES string of the molecule is C=Cc1cc(C)ccc1C(=C)C.CC.CC. The van der Waals surface area contributed by atoms with Crippen LogP contribution >= 0.6 is 0 Å². The summed E-state index contributed by atoms with van der Waals surface area (Å²) in [7, 11) is 0. The predicted octanol–water partition coefficient (Wildman–Crippen LogP) is 5.72. The zero-order valence-corrected chi connectivity index (χ0v) is 11.7. The Labute approximate surface area is 102 Å². The summed E-state index contributed by atoms with van der Waals surface area (Å²) in [6.45, 7) is 19.8. The van der Waals surface area contributed by atoms with Crippen molar-refractivity contribution in [2.75, 3.05) is 0 Å². The van der Waals surface area contributed by atoms with Gasteiger partial charge < -0.3 is 0 Å². The lowest BCUT2D eigenvalue weighted by atomic mass is 10.00. The fourth-order valence-corrected chi connectivity index (χ4v) is 1.24. The maximum atomic E-state index is 3.92. The van der Waals surface area contributed by atoms with Crippen LogP contribution in [0.25, 0.3) is 11.6 Å². The topological polar surface area (TPSA) is 0 Å². The molecule has 0 N–H and O–H groups in total. The zero-order chi connectivity index (χ0) is 13.1. The van der Waals surface area contributed by atoms with Gasteiger partial charge in [0.15, 0.2) is 0 Å². The van der Waals surface area contributed by atoms with Crippen molar-refractivity contribution in [1.29, 1.82) is 0 Å². The molecule has 0 spiro atoms. The number of aryl methyl sites for hydroxylation is 1. The normalized spacial score (nSPS) is 7.88. The highest BCUT2D eigenvalue weighted by Crippen LogP contribution is 2.19. The van der Waals surface area contributed by atoms with Crippen molar-refractivity contribution in [3.63, 3.8) is 0 Å². The summed E-state index contributed by atoms with van der Waals surface area (Å²) < 4.78 is 0. The van der Waals surface area contributed by atoms with Gasteiger partial charge in [-0.3, -0.25) is 0 Å². The average molecular weight is 218 g/mol. The number of allylic oxidation sites excluding steroid dienone is 1. The molecule has 0 aliphatic heterocycles. The van der Waals surface area contributed by atoms with Crippen LogP contribution < -0.4 is 0 Å². The monoisotopic (exact) mass is 218 g/mol. The molecule has 0 fully saturated rings. The molecular weight excluding hydrogens is 192 g/mol. The molecule has 0 aromatic heterocycles. The number of rotatable bonds is 2. The standard InChI is InChI=1S/C12H14.2C2H6/c1-5-11-8-10(4)6-7-12(11)9(2)3;2*1-2/h5-8H,1-2H2,3-4H3;2*1-2H3. The van der Waals surface area contributed by atoms with Crippen LogP contribution in [0.4, 0.5) is 0 Å². The summed E-state index contributed by atoms with van der Waals surface area (Å²) >= 11 is 0. The van der Waals surface area contributed by atoms with E-state index in [4.69, 9.17) is 0 Å². The van der Waals surface area contributed by atoms with Gasteiger partial charge in [-0.15, -0.1) is 0 Å². The fourth-order valence-electron chi connectivity index (χ4n) is 1.24. The van der Waals surface area contributed by atoms with E-state index in [1.807, 2.05) is 40.7 Å². The Morgan fingerprint density at radius 2 is 1.62 bits per heavy atom. The van der Waals surface area contributed by atoms with Crippen molar-refractivity contribution >= 4 is 11.6 Å². The Morgan fingerprint density at radius 3 is 2.00 bits per heavy atom. The minimum Gasteiger partial charge on any atom is -0.0984 e. The maximum Gasteiger partial charge on any atom is -0.0161 e. The van der Waals surface area contributed by atoms with Crippen molar-refractivity contribution in [1.82, 2.24) is 0 Å². The predicted molar refractivity (Wildman–Crippen MR) is 78.7 cm³/mol. The largest absolute Gasteiger partial charge is 0.0984 e. The van der Waals surface area contributed by atoms with Crippen LogP contribution in [-0.2, 0) is 0 Å². The summed E-state index contributed by atoms with van der Waals surface area (Å²) in [6.07, 6.45) is 1.87. The number of hydrogen-bond acceptors (Lipinski definition) is 0. The van der Waals surface area contributed by atoms with Crippen LogP contribution in [0.3, 0.4) is 0 Å². The van der Waals surface area contributed by atoms with E-state index in [-0.39, 0.29) is 0 Å². The highest BCUT2D eigenvalue weighted by molar-refractivity contribution is 5.71. The van der Waals surface area contributed by atoms with Gasteiger partial charge in [0.25, 0.3) is 0 Å². The molecule has 0 saturated carbocycles. The van der Waals surface area contributed by atoms with Crippen LogP contribution in [0.5, 0.6) is 0 Å². The lowest BCUT2D eigenvalue weighted by Crippen LogP contribution is -1.85. The molecule has 0 nitrogen and oxygen atoms in total. The van der Waals surface area contributed by atoms with Crippen molar-refractivity contribution in [3.8, 4) is 0 Å². The van der Waals surface area contributed by atoms with Gasteiger partial charge >= 0.3 is 0 Å². The molecule has 16 heavy (non-hydrogen) atoms. The van der Waals surface area contributed by atoms with Crippen LogP contribution in [0.1, 0.15) is 51.3 Å². The van der Waals surface area contributed by atoms with Crippen LogP contribution in [-0.4, -0.2) is 0 Å². The first kappa shape index (κ1) is 17.1. The molecule has 1 rings (SSSR count). The van der Waals surface area contributed by atoms with Crippen molar-refractivity contribution in [2.45, 2.75) is 41.5 Å². The lowest BCUT2D eigenvalue weighted by Gasteiger charge is -2.05. The second kappa shape index (κ2) is 10.2. The first-order chi connectivity index (χ1) is 7.65. The van der Waals surface area contributed by atoms with Crippen LogP contribution in [0.2, 0.25) is 0 Å². The smallest absolute Gasteiger partial charge is 0.0161 e. The molecule has 0 heterocycles. The van der Waals surface area contributed by atoms with E-state index < -0.39 is 0 Å². The van der Waals surface area contributed by atoms with E-state index >= 15 is 0 Å². The molecule has 0 unspecified atom stereocenters. The van der Waals surface area contributed by atoms with Gasteiger partial charge in [0.1, 0.15) is 0 Å². The van der Waals surface area contributed by atoms with Crippen molar-refractivity contribution in [2.24, 2.45) is 0 Å². The van der Waals surface area contributed by atoms with E-state index in [0.29, 0.717) is 0 Å². The highest BCUT2D eigenvalue weighted by Gasteiger charge is 1.98. The molecule has 0 radical (unpaired) electrons. The first-order valence-electron chi connectivity index (χ1n) is 6.04. The Bertz CT molecular complexity index is 319. The Balaban J connectivity index is 0. The number of hydrogen-bond donors (Lipinski definition) is 0. The Kier molecular flexibility index (Phi) is 10.9. The summed E-state index contributed by atoms with van der Waals surface area (Å²) in [5, 5.41) is 0. The summed E-state index contributed by atoms with van der Waals surface area (Å²) in [6, 6.07) is 6.31. The van der Waals surface area contributed by atoms with Crippen molar-refractivity contribution in [3.05, 3.63) is 48.0 Å². The van der Waals surface area contributed by atoms with E-state index in [2.05, 4.69) is 38.3 Å². The molecule has 90 valence electrons. The van der Waals surface area contributed by atoms with Gasteiger partial charge in [-0.05, 0) is 25.0 Å². The second-order valence-electron chi connectivity index (χ2n) is 3.08. The average Bonchev–Trinajstić information content (AvgIpc) is 2.33. The minimum atomic E-state index is 1.09. The fraction of sp³-hybridized carbons (Fsp3) is 0.375. The third-order valence-electron chi connectivity index (χ3n) is 1.89. The molecule has 0 saturated heterocycles. The van der Waals surface area contributed by atoms with Gasteiger partial charge in [0.05, 0.1) is 0 Å². The Hall–Kier alpha value is -1.30. The summed E-state index contributed by atoms with van der Waals surface area (Å²) in [5.41, 5.74) is 4.71. The molecule has 0 bridgehead atoms. The van der Waals surface area contributed by atoms with Crippen LogP contribution in [0, 0.1) is 6.92 Å². The van der Waals surface area contributed by atoms with E-state index in [1.54, 1.807) is 0 Å². The molecule has 1 aromatic rings. The molecule has 0 aliphatic rings. The van der Waals surface area contributed by atoms with Crippen molar-refractivity contribution < 1.29 is 0 Å². The number of benzene rings is 1. The van der Waals surface area contributed by atoms with Gasteiger partial charge in [-0.2, -0.15) is 0 Å². The van der Waals surface area contributed by atoms with Gasteiger partial charge in [0.2, 0.25) is 0 Å². The quantitative estimate of drug-likeness (QED) is 0.595.